The van der Waals surface area contributed by atoms with Crippen molar-refractivity contribution in [3.05, 3.63) is 18.0 Å². The molecule has 2 heterocycles. The van der Waals surface area contributed by atoms with Crippen molar-refractivity contribution in [1.29, 1.82) is 0 Å². The first-order valence-electron chi connectivity index (χ1n) is 5.71. The van der Waals surface area contributed by atoms with Crippen LogP contribution in [0.25, 0.3) is 0 Å². The molecule has 1 aliphatic heterocycles. The first-order valence-corrected chi connectivity index (χ1v) is 5.71. The van der Waals surface area contributed by atoms with E-state index < -0.39 is 0 Å². The highest BCUT2D eigenvalue weighted by Crippen LogP contribution is 2.27. The molecule has 2 rings (SSSR count). The zero-order valence-corrected chi connectivity index (χ0v) is 9.52. The molecule has 0 aliphatic carbocycles. The molecule has 5 heteroatoms. The second-order valence-corrected chi connectivity index (χ2v) is 4.42. The van der Waals surface area contributed by atoms with Gasteiger partial charge in [0.1, 0.15) is 0 Å². The number of rotatable bonds is 2. The van der Waals surface area contributed by atoms with E-state index in [-0.39, 0.29) is 11.9 Å². The van der Waals surface area contributed by atoms with Gasteiger partial charge < -0.3 is 10.6 Å². The van der Waals surface area contributed by atoms with Crippen molar-refractivity contribution in [3.8, 4) is 0 Å². The third-order valence-corrected chi connectivity index (χ3v) is 3.19. The van der Waals surface area contributed by atoms with Crippen molar-refractivity contribution < 1.29 is 4.79 Å². The SMILES string of the molecule is CC(N)C(=O)N1CCC(c2cn[nH]c2)CC1. The molecule has 88 valence electrons. The van der Waals surface area contributed by atoms with E-state index in [1.807, 2.05) is 17.3 Å². The lowest BCUT2D eigenvalue weighted by Crippen LogP contribution is -2.45. The Morgan fingerprint density at radius 1 is 1.62 bits per heavy atom. The van der Waals surface area contributed by atoms with Crippen LogP contribution in [0, 0.1) is 0 Å². The predicted molar refractivity (Wildman–Crippen MR) is 60.8 cm³/mol. The highest BCUT2D eigenvalue weighted by Gasteiger charge is 2.25. The lowest BCUT2D eigenvalue weighted by Gasteiger charge is -2.32. The van der Waals surface area contributed by atoms with Crippen molar-refractivity contribution in [3.63, 3.8) is 0 Å². The van der Waals surface area contributed by atoms with Crippen LogP contribution in [0.4, 0.5) is 0 Å². The highest BCUT2D eigenvalue weighted by molar-refractivity contribution is 5.81. The second kappa shape index (κ2) is 4.65. The van der Waals surface area contributed by atoms with Gasteiger partial charge in [0, 0.05) is 19.3 Å². The van der Waals surface area contributed by atoms with Crippen LogP contribution >= 0.6 is 0 Å². The number of likely N-dealkylation sites (tertiary alicyclic amines) is 1. The van der Waals surface area contributed by atoms with Gasteiger partial charge in [-0.05, 0) is 31.2 Å². The Labute approximate surface area is 95.0 Å². The summed E-state index contributed by atoms with van der Waals surface area (Å²) in [4.78, 5) is 13.5. The largest absolute Gasteiger partial charge is 0.341 e. The second-order valence-electron chi connectivity index (χ2n) is 4.42. The molecule has 1 aliphatic rings. The van der Waals surface area contributed by atoms with Gasteiger partial charge in [-0.2, -0.15) is 5.10 Å². The standard InChI is InChI=1S/C11H18N4O/c1-8(12)11(16)15-4-2-9(3-5-15)10-6-13-14-7-10/h6-9H,2-5,12H2,1H3,(H,13,14). The van der Waals surface area contributed by atoms with E-state index in [1.165, 1.54) is 5.56 Å². The molecule has 1 saturated heterocycles. The van der Waals surface area contributed by atoms with Gasteiger partial charge in [-0.3, -0.25) is 9.89 Å². The Morgan fingerprint density at radius 2 is 2.31 bits per heavy atom. The number of piperidine rings is 1. The van der Waals surface area contributed by atoms with Gasteiger partial charge in [0.15, 0.2) is 0 Å². The van der Waals surface area contributed by atoms with E-state index in [0.29, 0.717) is 5.92 Å². The van der Waals surface area contributed by atoms with Crippen LogP contribution in [0.15, 0.2) is 12.4 Å². The molecule has 1 fully saturated rings. The van der Waals surface area contributed by atoms with Gasteiger partial charge in [-0.25, -0.2) is 0 Å². The zero-order valence-electron chi connectivity index (χ0n) is 9.52. The minimum atomic E-state index is -0.384. The van der Waals surface area contributed by atoms with Crippen LogP contribution in [0.5, 0.6) is 0 Å². The average molecular weight is 222 g/mol. The van der Waals surface area contributed by atoms with E-state index in [9.17, 15) is 4.79 Å². The molecule has 0 bridgehead atoms. The predicted octanol–water partition coefficient (Wildman–Crippen LogP) is 0.463. The molecular formula is C11H18N4O. The number of hydrogen-bond donors (Lipinski definition) is 2. The monoisotopic (exact) mass is 222 g/mol. The van der Waals surface area contributed by atoms with Crippen molar-refractivity contribution in [1.82, 2.24) is 15.1 Å². The lowest BCUT2D eigenvalue weighted by atomic mass is 9.91. The quantitative estimate of drug-likeness (QED) is 0.763. The van der Waals surface area contributed by atoms with Crippen molar-refractivity contribution in [2.45, 2.75) is 31.7 Å². The van der Waals surface area contributed by atoms with Crippen LogP contribution in [-0.2, 0) is 4.79 Å². The number of nitrogens with zero attached hydrogens (tertiary/aromatic N) is 2. The summed E-state index contributed by atoms with van der Waals surface area (Å²) in [5.41, 5.74) is 6.83. The Balaban J connectivity index is 1.90. The summed E-state index contributed by atoms with van der Waals surface area (Å²) >= 11 is 0. The fourth-order valence-electron chi connectivity index (χ4n) is 2.21. The van der Waals surface area contributed by atoms with Crippen LogP contribution in [0.2, 0.25) is 0 Å². The maximum Gasteiger partial charge on any atom is 0.239 e. The van der Waals surface area contributed by atoms with Crippen LogP contribution in [0.3, 0.4) is 0 Å². The number of aromatic amines is 1. The number of hydrogen-bond acceptors (Lipinski definition) is 3. The van der Waals surface area contributed by atoms with Gasteiger partial charge in [0.05, 0.1) is 12.2 Å². The first-order chi connectivity index (χ1) is 7.68. The number of carbonyl (C=O) groups excluding carboxylic acids is 1. The van der Waals surface area contributed by atoms with E-state index >= 15 is 0 Å². The van der Waals surface area contributed by atoms with E-state index in [4.69, 9.17) is 5.73 Å². The molecule has 5 nitrogen and oxygen atoms in total. The molecule has 0 saturated carbocycles. The summed E-state index contributed by atoms with van der Waals surface area (Å²) in [5, 5.41) is 6.78. The molecule has 0 spiro atoms. The van der Waals surface area contributed by atoms with Crippen molar-refractivity contribution in [2.75, 3.05) is 13.1 Å². The number of nitrogens with two attached hydrogens (primary N) is 1. The Kier molecular flexibility index (Phi) is 3.24. The molecular weight excluding hydrogens is 204 g/mol. The fourth-order valence-corrected chi connectivity index (χ4v) is 2.21. The highest BCUT2D eigenvalue weighted by atomic mass is 16.2. The van der Waals surface area contributed by atoms with Gasteiger partial charge in [0.2, 0.25) is 5.91 Å². The average Bonchev–Trinajstić information content (AvgIpc) is 2.81. The van der Waals surface area contributed by atoms with Crippen LogP contribution in [-0.4, -0.2) is 40.1 Å². The molecule has 1 aromatic heterocycles. The normalized spacial score (nSPS) is 19.8. The first kappa shape index (κ1) is 11.1. The number of nitrogens with one attached hydrogen (secondary N) is 1. The van der Waals surface area contributed by atoms with Gasteiger partial charge in [0.25, 0.3) is 0 Å². The van der Waals surface area contributed by atoms with E-state index in [0.717, 1.165) is 25.9 Å². The molecule has 1 amide bonds. The number of H-pyrrole nitrogens is 1. The van der Waals surface area contributed by atoms with Crippen LogP contribution < -0.4 is 5.73 Å². The topological polar surface area (TPSA) is 75.0 Å². The van der Waals surface area contributed by atoms with E-state index in [2.05, 4.69) is 10.2 Å². The Morgan fingerprint density at radius 3 is 2.81 bits per heavy atom. The third-order valence-electron chi connectivity index (χ3n) is 3.19. The molecule has 0 aromatic carbocycles. The summed E-state index contributed by atoms with van der Waals surface area (Å²) in [6.45, 7) is 3.34. The summed E-state index contributed by atoms with van der Waals surface area (Å²) in [6.07, 6.45) is 5.80. The fraction of sp³-hybridized carbons (Fsp3) is 0.636. The summed E-state index contributed by atoms with van der Waals surface area (Å²) < 4.78 is 0. The molecule has 16 heavy (non-hydrogen) atoms. The number of aromatic nitrogens is 2. The lowest BCUT2D eigenvalue weighted by molar-refractivity contribution is -0.133. The molecule has 1 aromatic rings. The maximum atomic E-state index is 11.7. The molecule has 1 atom stereocenters. The number of carbonyl (C=O) groups is 1. The zero-order chi connectivity index (χ0) is 11.5. The van der Waals surface area contributed by atoms with E-state index in [1.54, 1.807) is 6.92 Å². The van der Waals surface area contributed by atoms with Gasteiger partial charge in [-0.15, -0.1) is 0 Å². The summed E-state index contributed by atoms with van der Waals surface area (Å²) in [7, 11) is 0. The number of amides is 1. The maximum absolute atomic E-state index is 11.7. The summed E-state index contributed by atoms with van der Waals surface area (Å²) in [5.74, 6) is 0.585. The Bertz CT molecular complexity index is 339. The Hall–Kier alpha value is -1.36. The van der Waals surface area contributed by atoms with Crippen LogP contribution in [0.1, 0.15) is 31.2 Å². The third kappa shape index (κ3) is 2.24. The van der Waals surface area contributed by atoms with Crippen molar-refractivity contribution >= 4 is 5.91 Å². The molecule has 1 unspecified atom stereocenters. The van der Waals surface area contributed by atoms with Gasteiger partial charge in [-0.1, -0.05) is 0 Å². The minimum Gasteiger partial charge on any atom is -0.341 e. The van der Waals surface area contributed by atoms with Gasteiger partial charge >= 0.3 is 0 Å². The van der Waals surface area contributed by atoms with Crippen molar-refractivity contribution in [2.24, 2.45) is 5.73 Å². The molecule has 0 radical (unpaired) electrons. The summed E-state index contributed by atoms with van der Waals surface area (Å²) in [6, 6.07) is -0.384. The molecule has 3 N–H and O–H groups in total. The smallest absolute Gasteiger partial charge is 0.239 e. The minimum absolute atomic E-state index is 0.0608.